The molecule has 2 heteroatoms. The maximum absolute atomic E-state index is 4.66. The van der Waals surface area contributed by atoms with Crippen molar-refractivity contribution in [3.8, 4) is 0 Å². The first-order chi connectivity index (χ1) is 12.7. The molecule has 0 amide bonds. The van der Waals surface area contributed by atoms with Gasteiger partial charge in [0, 0.05) is 26.1 Å². The molecule has 3 rings (SSSR count). The highest BCUT2D eigenvalue weighted by molar-refractivity contribution is 5.86. The monoisotopic (exact) mass is 352 g/mol. The summed E-state index contributed by atoms with van der Waals surface area (Å²) in [6.07, 6.45) is 5.96. The van der Waals surface area contributed by atoms with Crippen LogP contribution in [0, 0.1) is 5.92 Å². The predicted octanol–water partition coefficient (Wildman–Crippen LogP) is 6.12. The average molecular weight is 353 g/mol. The lowest BCUT2D eigenvalue weighted by molar-refractivity contribution is 0.328. The highest BCUT2D eigenvalue weighted by Crippen LogP contribution is 2.26. The van der Waals surface area contributed by atoms with Gasteiger partial charge in [0.25, 0.3) is 0 Å². The standard InChI is InChI=1S/C22H30N2.C2H6/c1-4-12-24-13-6-7-20(22(24)23-3)15-18-9-11-19-10-8-17(5-2)14-21(19)16-18;1-2/h8-11,14,16,20H,4-7,12-13,15H2,1-3H3;1-2H3. The van der Waals surface area contributed by atoms with Gasteiger partial charge in [-0.2, -0.15) is 0 Å². The van der Waals surface area contributed by atoms with Crippen LogP contribution >= 0.6 is 0 Å². The van der Waals surface area contributed by atoms with Crippen molar-refractivity contribution >= 4 is 16.6 Å². The molecular weight excluding hydrogens is 316 g/mol. The summed E-state index contributed by atoms with van der Waals surface area (Å²) in [6.45, 7) is 10.8. The maximum Gasteiger partial charge on any atom is 0.102 e. The molecule has 1 unspecified atom stereocenters. The first kappa shape index (κ1) is 20.5. The van der Waals surface area contributed by atoms with Crippen LogP contribution in [-0.4, -0.2) is 30.9 Å². The summed E-state index contributed by atoms with van der Waals surface area (Å²) in [5, 5.41) is 2.72. The fraction of sp³-hybridized carbons (Fsp3) is 0.542. The summed E-state index contributed by atoms with van der Waals surface area (Å²) in [4.78, 5) is 7.16. The Labute approximate surface area is 160 Å². The van der Waals surface area contributed by atoms with Crippen LogP contribution in [0.25, 0.3) is 10.8 Å². The largest absolute Gasteiger partial charge is 0.360 e. The van der Waals surface area contributed by atoms with Gasteiger partial charge in [0.2, 0.25) is 0 Å². The molecule has 1 saturated heterocycles. The first-order valence-corrected chi connectivity index (χ1v) is 10.5. The Bertz CT molecular complexity index is 715. The van der Waals surface area contributed by atoms with E-state index < -0.39 is 0 Å². The SMILES string of the molecule is CC.CCCN1CCCC(Cc2ccc3ccc(CC)cc3c2)C1=NC. The molecule has 0 spiro atoms. The fourth-order valence-electron chi connectivity index (χ4n) is 4.02. The van der Waals surface area contributed by atoms with E-state index in [2.05, 4.69) is 60.1 Å². The van der Waals surface area contributed by atoms with E-state index in [0.29, 0.717) is 5.92 Å². The molecule has 2 aromatic rings. The Morgan fingerprint density at radius 1 is 1.00 bits per heavy atom. The highest BCUT2D eigenvalue weighted by atomic mass is 15.2. The fourth-order valence-corrected chi connectivity index (χ4v) is 4.02. The van der Waals surface area contributed by atoms with Crippen molar-refractivity contribution < 1.29 is 0 Å². The molecule has 0 radical (unpaired) electrons. The van der Waals surface area contributed by atoms with Crippen LogP contribution in [0.1, 0.15) is 58.1 Å². The topological polar surface area (TPSA) is 15.6 Å². The zero-order valence-corrected chi connectivity index (χ0v) is 17.4. The zero-order valence-electron chi connectivity index (χ0n) is 17.4. The van der Waals surface area contributed by atoms with Gasteiger partial charge in [-0.05, 0) is 54.0 Å². The lowest BCUT2D eigenvalue weighted by atomic mass is 9.89. The number of likely N-dealkylation sites (tertiary alicyclic amines) is 1. The Hall–Kier alpha value is -1.83. The van der Waals surface area contributed by atoms with Crippen LogP contribution in [0.4, 0.5) is 0 Å². The van der Waals surface area contributed by atoms with Crippen LogP contribution in [0.5, 0.6) is 0 Å². The third-order valence-corrected chi connectivity index (χ3v) is 5.25. The zero-order chi connectivity index (χ0) is 18.9. The third kappa shape index (κ3) is 4.87. The molecule has 2 aromatic carbocycles. The van der Waals surface area contributed by atoms with Gasteiger partial charge in [-0.1, -0.05) is 64.1 Å². The molecule has 1 heterocycles. The number of fused-ring (bicyclic) bond motifs is 1. The molecule has 0 aromatic heterocycles. The second kappa shape index (κ2) is 10.4. The van der Waals surface area contributed by atoms with Gasteiger partial charge >= 0.3 is 0 Å². The summed E-state index contributed by atoms with van der Waals surface area (Å²) < 4.78 is 0. The number of piperidine rings is 1. The first-order valence-electron chi connectivity index (χ1n) is 10.5. The predicted molar refractivity (Wildman–Crippen MR) is 116 cm³/mol. The second-order valence-corrected chi connectivity index (χ2v) is 6.98. The van der Waals surface area contributed by atoms with E-state index in [4.69, 9.17) is 0 Å². The van der Waals surface area contributed by atoms with Crippen molar-refractivity contribution in [2.24, 2.45) is 10.9 Å². The molecule has 1 aliphatic rings. The molecule has 1 aliphatic heterocycles. The van der Waals surface area contributed by atoms with Crippen molar-refractivity contribution in [1.29, 1.82) is 0 Å². The Kier molecular flexibility index (Phi) is 8.15. The van der Waals surface area contributed by atoms with Crippen molar-refractivity contribution in [2.45, 2.75) is 59.8 Å². The van der Waals surface area contributed by atoms with Gasteiger partial charge in [0.1, 0.15) is 5.84 Å². The number of rotatable bonds is 5. The van der Waals surface area contributed by atoms with E-state index in [0.717, 1.165) is 19.4 Å². The number of benzene rings is 2. The molecule has 26 heavy (non-hydrogen) atoms. The summed E-state index contributed by atoms with van der Waals surface area (Å²) in [7, 11) is 1.96. The Morgan fingerprint density at radius 3 is 2.35 bits per heavy atom. The molecule has 0 aliphatic carbocycles. The molecule has 2 nitrogen and oxygen atoms in total. The maximum atomic E-state index is 4.66. The van der Waals surface area contributed by atoms with Crippen LogP contribution < -0.4 is 0 Å². The van der Waals surface area contributed by atoms with Crippen LogP contribution in [0.2, 0.25) is 0 Å². The summed E-state index contributed by atoms with van der Waals surface area (Å²) in [5.74, 6) is 1.90. The highest BCUT2D eigenvalue weighted by Gasteiger charge is 2.25. The average Bonchev–Trinajstić information content (AvgIpc) is 2.69. The van der Waals surface area contributed by atoms with Crippen LogP contribution in [-0.2, 0) is 12.8 Å². The summed E-state index contributed by atoms with van der Waals surface area (Å²) >= 11 is 0. The molecule has 0 bridgehead atoms. The van der Waals surface area contributed by atoms with Gasteiger partial charge in [-0.3, -0.25) is 4.99 Å². The van der Waals surface area contributed by atoms with Crippen LogP contribution in [0.3, 0.4) is 0 Å². The van der Waals surface area contributed by atoms with Crippen molar-refractivity contribution in [3.63, 3.8) is 0 Å². The lowest BCUT2D eigenvalue weighted by Crippen LogP contribution is -2.42. The van der Waals surface area contributed by atoms with Gasteiger partial charge in [0.15, 0.2) is 0 Å². The van der Waals surface area contributed by atoms with Gasteiger partial charge in [-0.25, -0.2) is 0 Å². The van der Waals surface area contributed by atoms with Gasteiger partial charge < -0.3 is 4.90 Å². The minimum atomic E-state index is 0.571. The van der Waals surface area contributed by atoms with Crippen molar-refractivity contribution in [3.05, 3.63) is 47.5 Å². The third-order valence-electron chi connectivity index (χ3n) is 5.25. The number of amidine groups is 1. The Morgan fingerprint density at radius 2 is 1.69 bits per heavy atom. The minimum absolute atomic E-state index is 0.571. The van der Waals surface area contributed by atoms with Crippen molar-refractivity contribution in [2.75, 3.05) is 20.1 Å². The lowest BCUT2D eigenvalue weighted by Gasteiger charge is -2.36. The van der Waals surface area contributed by atoms with E-state index in [1.54, 1.807) is 0 Å². The second-order valence-electron chi connectivity index (χ2n) is 6.98. The van der Waals surface area contributed by atoms with E-state index in [1.165, 1.54) is 53.5 Å². The minimum Gasteiger partial charge on any atom is -0.360 e. The number of hydrogen-bond acceptors (Lipinski definition) is 1. The molecule has 0 N–H and O–H groups in total. The number of aliphatic imine (C=N–C) groups is 1. The van der Waals surface area contributed by atoms with E-state index in [-0.39, 0.29) is 0 Å². The van der Waals surface area contributed by atoms with Gasteiger partial charge in [-0.15, -0.1) is 0 Å². The molecule has 1 fully saturated rings. The number of aryl methyl sites for hydroxylation is 1. The van der Waals surface area contributed by atoms with Crippen LogP contribution in [0.15, 0.2) is 41.4 Å². The number of hydrogen-bond donors (Lipinski definition) is 0. The molecule has 1 atom stereocenters. The molecular formula is C24H36N2. The number of nitrogens with zero attached hydrogens (tertiary/aromatic N) is 2. The smallest absolute Gasteiger partial charge is 0.102 e. The van der Waals surface area contributed by atoms with E-state index in [9.17, 15) is 0 Å². The summed E-state index contributed by atoms with van der Waals surface area (Å²) in [5.41, 5.74) is 2.86. The van der Waals surface area contributed by atoms with Gasteiger partial charge in [0.05, 0.1) is 0 Å². The molecule has 142 valence electrons. The molecule has 0 saturated carbocycles. The quantitative estimate of drug-likeness (QED) is 0.633. The van der Waals surface area contributed by atoms with Crippen molar-refractivity contribution in [1.82, 2.24) is 4.90 Å². The summed E-state index contributed by atoms with van der Waals surface area (Å²) in [6, 6.07) is 13.8. The van der Waals surface area contributed by atoms with E-state index in [1.807, 2.05) is 20.9 Å². The Balaban J connectivity index is 0.00000117. The van der Waals surface area contributed by atoms with E-state index >= 15 is 0 Å². The normalized spacial score (nSPS) is 18.7.